The molecular weight excluding hydrogens is 306 g/mol. The fraction of sp³-hybridized carbons (Fsp3) is 0.412. The lowest BCUT2D eigenvalue weighted by atomic mass is 10.0. The van der Waals surface area contributed by atoms with Crippen molar-refractivity contribution < 1.29 is 4.92 Å². The van der Waals surface area contributed by atoms with Gasteiger partial charge in [0.25, 0.3) is 0 Å². The minimum absolute atomic E-state index is 0.0242. The summed E-state index contributed by atoms with van der Waals surface area (Å²) in [5.41, 5.74) is 2.24. The highest BCUT2D eigenvalue weighted by Gasteiger charge is 2.33. The third kappa shape index (κ3) is 2.46. The van der Waals surface area contributed by atoms with Gasteiger partial charge in [-0.2, -0.15) is 0 Å². The number of fused-ring (bicyclic) bond motifs is 1. The smallest absolute Gasteiger partial charge is 0.351 e. The van der Waals surface area contributed by atoms with E-state index in [0.29, 0.717) is 11.6 Å². The van der Waals surface area contributed by atoms with Gasteiger partial charge in [0.05, 0.1) is 4.92 Å². The van der Waals surface area contributed by atoms with E-state index < -0.39 is 0 Å². The van der Waals surface area contributed by atoms with E-state index in [1.165, 1.54) is 11.9 Å². The second-order valence-electron chi connectivity index (χ2n) is 6.20. The van der Waals surface area contributed by atoms with Crippen LogP contribution in [0.3, 0.4) is 0 Å². The molecule has 1 aromatic carbocycles. The SMILES string of the molecule is O=[N+]([O-])c1c(N2CCCC2)ncnc1N1CCCc2ccccc21. The van der Waals surface area contributed by atoms with Crippen LogP contribution in [-0.4, -0.2) is 34.5 Å². The molecule has 0 aliphatic carbocycles. The third-order valence-corrected chi connectivity index (χ3v) is 4.74. The number of aryl methyl sites for hydroxylation is 1. The molecule has 2 aromatic rings. The minimum Gasteiger partial charge on any atom is -0.351 e. The molecule has 0 spiro atoms. The number of para-hydroxylation sites is 1. The van der Waals surface area contributed by atoms with E-state index in [-0.39, 0.29) is 10.6 Å². The average Bonchev–Trinajstić information content (AvgIpc) is 3.15. The van der Waals surface area contributed by atoms with Crippen molar-refractivity contribution in [3.8, 4) is 0 Å². The Bertz CT molecular complexity index is 773. The molecule has 2 aliphatic rings. The molecule has 4 rings (SSSR count). The number of hydrogen-bond acceptors (Lipinski definition) is 6. The molecule has 0 radical (unpaired) electrons. The molecule has 2 aliphatic heterocycles. The molecule has 0 N–H and O–H groups in total. The molecule has 24 heavy (non-hydrogen) atoms. The summed E-state index contributed by atoms with van der Waals surface area (Å²) < 4.78 is 0. The maximum absolute atomic E-state index is 11.8. The van der Waals surface area contributed by atoms with Crippen molar-refractivity contribution in [2.45, 2.75) is 25.7 Å². The molecule has 0 bridgehead atoms. The topological polar surface area (TPSA) is 75.4 Å². The summed E-state index contributed by atoms with van der Waals surface area (Å²) in [4.78, 5) is 24.0. The van der Waals surface area contributed by atoms with Gasteiger partial charge in [0.1, 0.15) is 6.33 Å². The van der Waals surface area contributed by atoms with Crippen LogP contribution in [0.1, 0.15) is 24.8 Å². The molecule has 1 saturated heterocycles. The second kappa shape index (κ2) is 6.07. The molecular formula is C17H19N5O2. The summed E-state index contributed by atoms with van der Waals surface area (Å²) in [6, 6.07) is 8.06. The van der Waals surface area contributed by atoms with E-state index in [4.69, 9.17) is 0 Å². The molecule has 0 amide bonds. The van der Waals surface area contributed by atoms with Crippen LogP contribution in [0.2, 0.25) is 0 Å². The molecule has 124 valence electrons. The fourth-order valence-electron chi connectivity index (χ4n) is 3.64. The molecule has 1 fully saturated rings. The highest BCUT2D eigenvalue weighted by atomic mass is 16.6. The van der Waals surface area contributed by atoms with Crippen molar-refractivity contribution in [3.05, 3.63) is 46.3 Å². The average molecular weight is 325 g/mol. The normalized spacial score (nSPS) is 17.0. The predicted octanol–water partition coefficient (Wildman–Crippen LogP) is 3.07. The maximum atomic E-state index is 11.8. The van der Waals surface area contributed by atoms with Crippen molar-refractivity contribution in [2.75, 3.05) is 29.4 Å². The highest BCUT2D eigenvalue weighted by Crippen LogP contribution is 2.41. The Morgan fingerprint density at radius 2 is 1.75 bits per heavy atom. The number of aromatic nitrogens is 2. The zero-order chi connectivity index (χ0) is 16.5. The van der Waals surface area contributed by atoms with Crippen LogP contribution < -0.4 is 9.80 Å². The first-order valence-electron chi connectivity index (χ1n) is 8.35. The van der Waals surface area contributed by atoms with E-state index in [1.54, 1.807) is 0 Å². The van der Waals surface area contributed by atoms with Crippen molar-refractivity contribution in [1.29, 1.82) is 0 Å². The van der Waals surface area contributed by atoms with Gasteiger partial charge in [-0.15, -0.1) is 0 Å². The fourth-order valence-corrected chi connectivity index (χ4v) is 3.64. The lowest BCUT2D eigenvalue weighted by Crippen LogP contribution is -2.28. The van der Waals surface area contributed by atoms with E-state index in [9.17, 15) is 10.1 Å². The molecule has 1 aromatic heterocycles. The van der Waals surface area contributed by atoms with Crippen LogP contribution in [-0.2, 0) is 6.42 Å². The second-order valence-corrected chi connectivity index (χ2v) is 6.20. The summed E-state index contributed by atoms with van der Waals surface area (Å²) in [5, 5.41) is 11.8. The van der Waals surface area contributed by atoms with E-state index in [2.05, 4.69) is 16.0 Å². The molecule has 0 atom stereocenters. The number of nitrogens with zero attached hydrogens (tertiary/aromatic N) is 5. The van der Waals surface area contributed by atoms with Gasteiger partial charge < -0.3 is 9.80 Å². The van der Waals surface area contributed by atoms with E-state index >= 15 is 0 Å². The zero-order valence-electron chi connectivity index (χ0n) is 13.4. The molecule has 7 nitrogen and oxygen atoms in total. The van der Waals surface area contributed by atoms with Crippen LogP contribution in [0.15, 0.2) is 30.6 Å². The van der Waals surface area contributed by atoms with Gasteiger partial charge in [-0.3, -0.25) is 10.1 Å². The number of anilines is 3. The van der Waals surface area contributed by atoms with Gasteiger partial charge in [0.15, 0.2) is 0 Å². The van der Waals surface area contributed by atoms with E-state index in [1.807, 2.05) is 28.0 Å². The van der Waals surface area contributed by atoms with Gasteiger partial charge in [0.2, 0.25) is 11.6 Å². The van der Waals surface area contributed by atoms with Crippen LogP contribution in [0.4, 0.5) is 23.0 Å². The summed E-state index contributed by atoms with van der Waals surface area (Å²) in [7, 11) is 0. The predicted molar refractivity (Wildman–Crippen MR) is 91.9 cm³/mol. The Morgan fingerprint density at radius 3 is 2.54 bits per heavy atom. The van der Waals surface area contributed by atoms with Gasteiger partial charge in [-0.25, -0.2) is 9.97 Å². The number of nitro groups is 1. The monoisotopic (exact) mass is 325 g/mol. The van der Waals surface area contributed by atoms with Crippen LogP contribution in [0, 0.1) is 10.1 Å². The molecule has 7 heteroatoms. The third-order valence-electron chi connectivity index (χ3n) is 4.74. The van der Waals surface area contributed by atoms with Crippen LogP contribution in [0.25, 0.3) is 0 Å². The largest absolute Gasteiger partial charge is 0.353 e. The zero-order valence-corrected chi connectivity index (χ0v) is 13.4. The van der Waals surface area contributed by atoms with Gasteiger partial charge in [0, 0.05) is 25.3 Å². The van der Waals surface area contributed by atoms with Gasteiger partial charge >= 0.3 is 5.69 Å². The summed E-state index contributed by atoms with van der Waals surface area (Å²) in [6.07, 6.45) is 5.49. The molecule has 0 unspecified atom stereocenters. The standard InChI is InChI=1S/C17H19N5O2/c23-22(24)15-16(20-9-3-4-10-20)18-12-19-17(15)21-11-5-7-13-6-1-2-8-14(13)21/h1-2,6,8,12H,3-5,7,9-11H2. The summed E-state index contributed by atoms with van der Waals surface area (Å²) >= 11 is 0. The minimum atomic E-state index is -0.333. The number of hydrogen-bond donors (Lipinski definition) is 0. The van der Waals surface area contributed by atoms with Crippen molar-refractivity contribution in [3.63, 3.8) is 0 Å². The van der Waals surface area contributed by atoms with E-state index in [0.717, 1.165) is 51.0 Å². The first kappa shape index (κ1) is 14.9. The van der Waals surface area contributed by atoms with Crippen molar-refractivity contribution >= 4 is 23.0 Å². The Kier molecular flexibility index (Phi) is 3.76. The van der Waals surface area contributed by atoms with Crippen molar-refractivity contribution in [1.82, 2.24) is 9.97 Å². The van der Waals surface area contributed by atoms with Crippen LogP contribution >= 0.6 is 0 Å². The quantitative estimate of drug-likeness (QED) is 0.638. The van der Waals surface area contributed by atoms with Gasteiger partial charge in [-0.05, 0) is 37.3 Å². The first-order valence-corrected chi connectivity index (χ1v) is 8.35. The maximum Gasteiger partial charge on any atom is 0.353 e. The van der Waals surface area contributed by atoms with Crippen molar-refractivity contribution in [2.24, 2.45) is 0 Å². The highest BCUT2D eigenvalue weighted by molar-refractivity contribution is 5.77. The lowest BCUT2D eigenvalue weighted by Gasteiger charge is -2.30. The molecule has 0 saturated carbocycles. The first-order chi connectivity index (χ1) is 11.8. The summed E-state index contributed by atoms with van der Waals surface area (Å²) in [6.45, 7) is 2.36. The number of benzene rings is 1. The Labute approximate surface area is 140 Å². The van der Waals surface area contributed by atoms with Gasteiger partial charge in [-0.1, -0.05) is 18.2 Å². The summed E-state index contributed by atoms with van der Waals surface area (Å²) in [5.74, 6) is 0.856. The lowest BCUT2D eigenvalue weighted by molar-refractivity contribution is -0.383. The number of rotatable bonds is 3. The Hall–Kier alpha value is -2.70. The Morgan fingerprint density at radius 1 is 1.00 bits per heavy atom. The molecule has 3 heterocycles. The van der Waals surface area contributed by atoms with Crippen LogP contribution in [0.5, 0.6) is 0 Å². The Balaban J connectivity index is 1.84.